The Labute approximate surface area is 119 Å². The second-order valence-corrected chi connectivity index (χ2v) is 4.77. The van der Waals surface area contributed by atoms with Crippen molar-refractivity contribution in [2.75, 3.05) is 40.0 Å². The first-order valence-corrected chi connectivity index (χ1v) is 6.88. The van der Waals surface area contributed by atoms with Crippen molar-refractivity contribution in [3.63, 3.8) is 0 Å². The largest absolute Gasteiger partial charge is 0.493 e. The van der Waals surface area contributed by atoms with E-state index in [0.717, 1.165) is 11.3 Å². The Morgan fingerprint density at radius 2 is 2.25 bits per heavy atom. The van der Waals surface area contributed by atoms with Gasteiger partial charge in [-0.15, -0.1) is 0 Å². The Hall–Kier alpha value is -1.59. The van der Waals surface area contributed by atoms with E-state index in [2.05, 4.69) is 0 Å². The van der Waals surface area contributed by atoms with Gasteiger partial charge in [0.25, 0.3) is 0 Å². The van der Waals surface area contributed by atoms with E-state index in [1.165, 1.54) is 0 Å². The molecule has 1 aromatic carbocycles. The highest BCUT2D eigenvalue weighted by atomic mass is 16.5. The monoisotopic (exact) mass is 279 g/mol. The predicted octanol–water partition coefficient (Wildman–Crippen LogP) is 1.02. The summed E-state index contributed by atoms with van der Waals surface area (Å²) < 4.78 is 10.6. The third-order valence-corrected chi connectivity index (χ3v) is 3.50. The van der Waals surface area contributed by atoms with E-state index >= 15 is 0 Å². The van der Waals surface area contributed by atoms with Crippen LogP contribution in [-0.2, 0) is 9.53 Å². The molecule has 2 rings (SSSR count). The zero-order valence-electron chi connectivity index (χ0n) is 11.7. The number of hydrogen-bond donors (Lipinski definition) is 1. The summed E-state index contributed by atoms with van der Waals surface area (Å²) in [4.78, 5) is 14.3. The minimum atomic E-state index is -0.191. The van der Waals surface area contributed by atoms with Gasteiger partial charge in [-0.3, -0.25) is 4.79 Å². The lowest BCUT2D eigenvalue weighted by Gasteiger charge is -2.30. The van der Waals surface area contributed by atoms with Crippen molar-refractivity contribution in [1.82, 2.24) is 4.90 Å². The summed E-state index contributed by atoms with van der Waals surface area (Å²) in [5, 5.41) is 9.12. The number of amides is 1. The highest BCUT2D eigenvalue weighted by Crippen LogP contribution is 2.34. The number of rotatable bonds is 6. The molecule has 5 heteroatoms. The number of hydrogen-bond acceptors (Lipinski definition) is 4. The molecule has 1 atom stereocenters. The number of aliphatic hydroxyl groups excluding tert-OH is 1. The molecular formula is C15H21NO4. The van der Waals surface area contributed by atoms with Crippen molar-refractivity contribution in [2.45, 2.75) is 12.3 Å². The van der Waals surface area contributed by atoms with Crippen LogP contribution in [0.3, 0.4) is 0 Å². The first kappa shape index (κ1) is 14.8. The summed E-state index contributed by atoms with van der Waals surface area (Å²) in [6.45, 7) is 1.80. The van der Waals surface area contributed by atoms with Gasteiger partial charge in [-0.2, -0.15) is 0 Å². The average Bonchev–Trinajstić information content (AvgIpc) is 2.50. The Kier molecular flexibility index (Phi) is 5.38. The van der Waals surface area contributed by atoms with Crippen LogP contribution in [0.4, 0.5) is 0 Å². The topological polar surface area (TPSA) is 59.0 Å². The summed E-state index contributed by atoms with van der Waals surface area (Å²) in [5.41, 5.74) is 0.934. The van der Waals surface area contributed by atoms with Gasteiger partial charge in [-0.05, 0) is 12.5 Å². The number of fused-ring (bicyclic) bond motifs is 1. The van der Waals surface area contributed by atoms with E-state index in [1.807, 2.05) is 24.3 Å². The number of ether oxygens (including phenoxy) is 2. The van der Waals surface area contributed by atoms with E-state index in [4.69, 9.17) is 14.6 Å². The molecule has 5 nitrogen and oxygen atoms in total. The molecule has 0 bridgehead atoms. The van der Waals surface area contributed by atoms with Crippen molar-refractivity contribution < 1.29 is 19.4 Å². The number of nitrogens with zero attached hydrogens (tertiary/aromatic N) is 1. The number of methoxy groups -OCH3 is 1. The molecule has 1 unspecified atom stereocenters. The Bertz CT molecular complexity index is 449. The Morgan fingerprint density at radius 1 is 1.45 bits per heavy atom. The molecule has 0 aromatic heterocycles. The fraction of sp³-hybridized carbons (Fsp3) is 0.533. The van der Waals surface area contributed by atoms with Crippen molar-refractivity contribution in [1.29, 1.82) is 0 Å². The lowest BCUT2D eigenvalue weighted by Crippen LogP contribution is -2.40. The van der Waals surface area contributed by atoms with Crippen molar-refractivity contribution >= 4 is 5.91 Å². The molecule has 0 saturated heterocycles. The van der Waals surface area contributed by atoms with Gasteiger partial charge in [-0.25, -0.2) is 0 Å². The van der Waals surface area contributed by atoms with Gasteiger partial charge in [0.15, 0.2) is 0 Å². The van der Waals surface area contributed by atoms with E-state index in [-0.39, 0.29) is 18.4 Å². The zero-order chi connectivity index (χ0) is 14.4. The van der Waals surface area contributed by atoms with Gasteiger partial charge in [0, 0.05) is 25.8 Å². The highest BCUT2D eigenvalue weighted by molar-refractivity contribution is 5.84. The summed E-state index contributed by atoms with van der Waals surface area (Å²) in [7, 11) is 1.60. The fourth-order valence-corrected chi connectivity index (χ4v) is 2.47. The van der Waals surface area contributed by atoms with Crippen molar-refractivity contribution in [3.8, 4) is 5.75 Å². The first-order valence-electron chi connectivity index (χ1n) is 6.88. The van der Waals surface area contributed by atoms with Crippen LogP contribution in [0.15, 0.2) is 24.3 Å². The fourth-order valence-electron chi connectivity index (χ4n) is 2.47. The molecule has 1 amide bonds. The van der Waals surface area contributed by atoms with E-state index in [9.17, 15) is 4.79 Å². The summed E-state index contributed by atoms with van der Waals surface area (Å²) in [6.07, 6.45) is 0.671. The normalized spacial score (nSPS) is 17.2. The van der Waals surface area contributed by atoms with Gasteiger partial charge in [0.2, 0.25) is 5.91 Å². The molecule has 1 aliphatic heterocycles. The minimum absolute atomic E-state index is 0.0341. The smallest absolute Gasteiger partial charge is 0.230 e. The molecule has 1 aliphatic rings. The third-order valence-electron chi connectivity index (χ3n) is 3.50. The number of para-hydroxylation sites is 1. The van der Waals surface area contributed by atoms with Gasteiger partial charge < -0.3 is 19.5 Å². The molecule has 20 heavy (non-hydrogen) atoms. The molecular weight excluding hydrogens is 258 g/mol. The van der Waals surface area contributed by atoms with Crippen LogP contribution in [0.2, 0.25) is 0 Å². The number of benzene rings is 1. The first-order chi connectivity index (χ1) is 9.77. The highest BCUT2D eigenvalue weighted by Gasteiger charge is 2.30. The molecule has 0 saturated carbocycles. The molecule has 0 aliphatic carbocycles. The lowest BCUT2D eigenvalue weighted by molar-refractivity contribution is -0.134. The summed E-state index contributed by atoms with van der Waals surface area (Å²) in [5.74, 6) is 0.628. The predicted molar refractivity (Wildman–Crippen MR) is 74.8 cm³/mol. The standard InChI is InChI=1S/C15H21NO4/c1-19-11-8-16(7-9-17)15(18)13-6-10-20-14-5-3-2-4-12(13)14/h2-5,13,17H,6-11H2,1H3. The average molecular weight is 279 g/mol. The number of carbonyl (C=O) groups is 1. The van der Waals surface area contributed by atoms with Crippen LogP contribution < -0.4 is 4.74 Å². The zero-order valence-corrected chi connectivity index (χ0v) is 11.7. The van der Waals surface area contributed by atoms with Crippen molar-refractivity contribution in [3.05, 3.63) is 29.8 Å². The lowest BCUT2D eigenvalue weighted by atomic mass is 9.92. The number of aliphatic hydroxyl groups is 1. The maximum Gasteiger partial charge on any atom is 0.230 e. The molecule has 110 valence electrons. The number of carbonyl (C=O) groups excluding carboxylic acids is 1. The maximum atomic E-state index is 12.7. The van der Waals surface area contributed by atoms with Crippen LogP contribution in [0.25, 0.3) is 0 Å². The van der Waals surface area contributed by atoms with Gasteiger partial charge in [0.1, 0.15) is 5.75 Å². The molecule has 1 N–H and O–H groups in total. The second-order valence-electron chi connectivity index (χ2n) is 4.77. The van der Waals surface area contributed by atoms with E-state index < -0.39 is 0 Å². The van der Waals surface area contributed by atoms with Crippen LogP contribution in [0, 0.1) is 0 Å². The van der Waals surface area contributed by atoms with Gasteiger partial charge in [0.05, 0.1) is 25.7 Å². The Balaban J connectivity index is 2.15. The van der Waals surface area contributed by atoms with Crippen molar-refractivity contribution in [2.24, 2.45) is 0 Å². The summed E-state index contributed by atoms with van der Waals surface area (Å²) >= 11 is 0. The molecule has 1 aromatic rings. The van der Waals surface area contributed by atoms with Gasteiger partial charge >= 0.3 is 0 Å². The van der Waals surface area contributed by atoms with Crippen LogP contribution in [0.5, 0.6) is 5.75 Å². The molecule has 0 fully saturated rings. The third kappa shape index (κ3) is 3.29. The Morgan fingerprint density at radius 3 is 3.00 bits per heavy atom. The summed E-state index contributed by atoms with van der Waals surface area (Å²) in [6, 6.07) is 7.65. The van der Waals surface area contributed by atoms with E-state index in [1.54, 1.807) is 12.0 Å². The second kappa shape index (κ2) is 7.26. The van der Waals surface area contributed by atoms with Crippen LogP contribution in [0.1, 0.15) is 17.9 Å². The quantitative estimate of drug-likeness (QED) is 0.844. The molecule has 0 spiro atoms. The van der Waals surface area contributed by atoms with Gasteiger partial charge in [-0.1, -0.05) is 18.2 Å². The van der Waals surface area contributed by atoms with E-state index in [0.29, 0.717) is 32.7 Å². The van der Waals surface area contributed by atoms with Crippen LogP contribution in [-0.4, -0.2) is 55.9 Å². The molecule has 1 heterocycles. The van der Waals surface area contributed by atoms with Crippen LogP contribution >= 0.6 is 0 Å². The minimum Gasteiger partial charge on any atom is -0.493 e. The maximum absolute atomic E-state index is 12.7. The molecule has 0 radical (unpaired) electrons. The SMILES string of the molecule is COCCN(CCO)C(=O)C1CCOc2ccccc21.